The van der Waals surface area contributed by atoms with Crippen LogP contribution in [0, 0.1) is 0 Å². The number of aromatic nitrogens is 3. The van der Waals surface area contributed by atoms with Crippen LogP contribution in [0.2, 0.25) is 0 Å². The number of carbonyl (C=O) groups is 2. The van der Waals surface area contributed by atoms with E-state index in [0.717, 1.165) is 35.6 Å². The summed E-state index contributed by atoms with van der Waals surface area (Å²) in [6.45, 7) is 4.58. The molecule has 188 valence electrons. The molecular weight excluding hydrogens is 460 g/mol. The van der Waals surface area contributed by atoms with E-state index in [1.807, 2.05) is 42.3 Å². The molecule has 10 nitrogen and oxygen atoms in total. The molecule has 1 saturated heterocycles. The van der Waals surface area contributed by atoms with Crippen LogP contribution in [0.5, 0.6) is 0 Å². The second-order valence-corrected chi connectivity index (χ2v) is 8.55. The van der Waals surface area contributed by atoms with Gasteiger partial charge in [0, 0.05) is 61.5 Å². The van der Waals surface area contributed by atoms with Crippen molar-refractivity contribution in [3.63, 3.8) is 0 Å². The third kappa shape index (κ3) is 5.44. The Balaban J connectivity index is 1.54. The zero-order valence-electron chi connectivity index (χ0n) is 20.7. The van der Waals surface area contributed by atoms with E-state index in [9.17, 15) is 9.59 Å². The number of pyridine rings is 1. The lowest BCUT2D eigenvalue weighted by atomic mass is 10.1. The molecule has 4 rings (SSSR count). The number of nitrogens with zero attached hydrogens (tertiary/aromatic N) is 5. The predicted molar refractivity (Wildman–Crippen MR) is 137 cm³/mol. The third-order valence-electron chi connectivity index (χ3n) is 6.34. The number of nitrogen functional groups attached to an aromatic ring is 1. The van der Waals surface area contributed by atoms with Crippen LogP contribution >= 0.6 is 0 Å². The molecule has 1 aliphatic rings. The Bertz CT molecular complexity index is 1230. The quantitative estimate of drug-likeness (QED) is 0.372. The molecule has 1 fully saturated rings. The monoisotopic (exact) mass is 490 g/mol. The van der Waals surface area contributed by atoms with Gasteiger partial charge in [0.1, 0.15) is 11.7 Å². The third-order valence-corrected chi connectivity index (χ3v) is 6.34. The summed E-state index contributed by atoms with van der Waals surface area (Å²) in [6.07, 6.45) is 5.09. The molecule has 10 heteroatoms. The number of esters is 1. The zero-order valence-corrected chi connectivity index (χ0v) is 20.7. The molecule has 0 aliphatic carbocycles. The summed E-state index contributed by atoms with van der Waals surface area (Å²) in [5.74, 6) is -0.462. The van der Waals surface area contributed by atoms with Gasteiger partial charge in [0.05, 0.1) is 32.2 Å². The fourth-order valence-electron chi connectivity index (χ4n) is 4.09. The van der Waals surface area contributed by atoms with Crippen molar-refractivity contribution in [3.05, 3.63) is 60.2 Å². The lowest BCUT2D eigenvalue weighted by Gasteiger charge is -2.30. The Morgan fingerprint density at radius 3 is 2.58 bits per heavy atom. The van der Waals surface area contributed by atoms with Crippen LogP contribution in [0.15, 0.2) is 48.9 Å². The first-order chi connectivity index (χ1) is 17.4. The fraction of sp³-hybridized carbons (Fsp3) is 0.346. The normalized spacial score (nSPS) is 14.2. The van der Waals surface area contributed by atoms with Crippen molar-refractivity contribution in [1.29, 1.82) is 0 Å². The number of anilines is 3. The van der Waals surface area contributed by atoms with Crippen molar-refractivity contribution in [2.45, 2.75) is 19.4 Å². The van der Waals surface area contributed by atoms with Gasteiger partial charge in [-0.1, -0.05) is 12.1 Å². The topological polar surface area (TPSA) is 124 Å². The van der Waals surface area contributed by atoms with Crippen LogP contribution in [0.1, 0.15) is 23.0 Å². The maximum atomic E-state index is 13.3. The van der Waals surface area contributed by atoms with Gasteiger partial charge in [0.15, 0.2) is 11.6 Å². The fourth-order valence-corrected chi connectivity index (χ4v) is 4.09. The summed E-state index contributed by atoms with van der Waals surface area (Å²) in [5, 5.41) is 0. The van der Waals surface area contributed by atoms with Crippen LogP contribution in [-0.2, 0) is 20.7 Å². The van der Waals surface area contributed by atoms with Gasteiger partial charge in [-0.3, -0.25) is 9.78 Å². The number of morpholine rings is 1. The maximum absolute atomic E-state index is 13.3. The average Bonchev–Trinajstić information content (AvgIpc) is 2.93. The molecule has 2 N–H and O–H groups in total. The molecule has 0 radical (unpaired) electrons. The molecule has 36 heavy (non-hydrogen) atoms. The number of hydrogen-bond acceptors (Lipinski definition) is 10. The first-order valence-electron chi connectivity index (χ1n) is 11.7. The molecule has 0 bridgehead atoms. The second kappa shape index (κ2) is 11.1. The molecule has 0 amide bonds. The van der Waals surface area contributed by atoms with E-state index < -0.39 is 6.04 Å². The number of hydrogen-bond donors (Lipinski definition) is 1. The Labute approximate surface area is 210 Å². The van der Waals surface area contributed by atoms with E-state index in [4.69, 9.17) is 15.2 Å². The number of ketones is 1. The Morgan fingerprint density at radius 1 is 1.17 bits per heavy atom. The number of carbonyl (C=O) groups excluding carboxylic acids is 2. The van der Waals surface area contributed by atoms with Crippen LogP contribution in [0.3, 0.4) is 0 Å². The van der Waals surface area contributed by atoms with Crippen LogP contribution in [0.4, 0.5) is 17.2 Å². The Kier molecular flexibility index (Phi) is 7.74. The van der Waals surface area contributed by atoms with Crippen LogP contribution in [-0.4, -0.2) is 73.2 Å². The predicted octanol–water partition coefficient (Wildman–Crippen LogP) is 2.38. The van der Waals surface area contributed by atoms with Crippen molar-refractivity contribution < 1.29 is 19.1 Å². The molecule has 2 aromatic heterocycles. The molecule has 1 aliphatic heterocycles. The van der Waals surface area contributed by atoms with Crippen molar-refractivity contribution in [2.24, 2.45) is 0 Å². The minimum Gasteiger partial charge on any atom is -0.467 e. The standard InChI is InChI=1S/C26H30N6O4/c1-17(26(34)35-3)31(2)20-6-4-18(5-7-20)21-16-29-25(27)24(30-21)23(33)14-19-15-28-9-8-22(19)32-10-12-36-13-11-32/h4-9,15-17H,10-14H2,1-3H3,(H2,27,29)/t17-/m0/s1. The van der Waals surface area contributed by atoms with Crippen molar-refractivity contribution in [3.8, 4) is 11.3 Å². The van der Waals surface area contributed by atoms with Crippen LogP contribution < -0.4 is 15.5 Å². The van der Waals surface area contributed by atoms with Crippen molar-refractivity contribution in [2.75, 3.05) is 56.0 Å². The van der Waals surface area contributed by atoms with E-state index in [1.165, 1.54) is 7.11 Å². The van der Waals surface area contributed by atoms with Crippen LogP contribution in [0.25, 0.3) is 11.3 Å². The number of benzene rings is 1. The highest BCUT2D eigenvalue weighted by atomic mass is 16.5. The Morgan fingerprint density at radius 2 is 1.89 bits per heavy atom. The first kappa shape index (κ1) is 25.1. The highest BCUT2D eigenvalue weighted by Gasteiger charge is 2.21. The van der Waals surface area contributed by atoms with Crippen molar-refractivity contribution in [1.82, 2.24) is 15.0 Å². The maximum Gasteiger partial charge on any atom is 0.328 e. The number of nitrogens with two attached hydrogens (primary N) is 1. The summed E-state index contributed by atoms with van der Waals surface area (Å²) in [6, 6.07) is 8.95. The summed E-state index contributed by atoms with van der Waals surface area (Å²) >= 11 is 0. The van der Waals surface area contributed by atoms with Gasteiger partial charge in [0.25, 0.3) is 0 Å². The lowest BCUT2D eigenvalue weighted by molar-refractivity contribution is -0.141. The van der Waals surface area contributed by atoms with Gasteiger partial charge in [-0.25, -0.2) is 14.8 Å². The average molecular weight is 491 g/mol. The largest absolute Gasteiger partial charge is 0.467 e. The number of rotatable bonds is 8. The van der Waals surface area contributed by atoms with Crippen molar-refractivity contribution >= 4 is 28.9 Å². The molecule has 0 spiro atoms. The zero-order chi connectivity index (χ0) is 25.7. The molecule has 3 heterocycles. The minimum absolute atomic E-state index is 0.0869. The summed E-state index contributed by atoms with van der Waals surface area (Å²) < 4.78 is 10.3. The number of likely N-dealkylation sites (N-methyl/N-ethyl adjacent to an activating group) is 1. The summed E-state index contributed by atoms with van der Waals surface area (Å²) in [4.78, 5) is 42.1. The summed E-state index contributed by atoms with van der Waals surface area (Å²) in [5.41, 5.74) is 10.1. The van der Waals surface area contributed by atoms with Gasteiger partial charge >= 0.3 is 5.97 Å². The lowest BCUT2D eigenvalue weighted by Crippen LogP contribution is -2.37. The van der Waals surface area contributed by atoms with Gasteiger partial charge < -0.3 is 25.0 Å². The second-order valence-electron chi connectivity index (χ2n) is 8.55. The highest BCUT2D eigenvalue weighted by Crippen LogP contribution is 2.26. The summed E-state index contributed by atoms with van der Waals surface area (Å²) in [7, 11) is 3.19. The molecule has 1 aromatic carbocycles. The van der Waals surface area contributed by atoms with Gasteiger partial charge in [-0.05, 0) is 25.1 Å². The Hall–Kier alpha value is -4.05. The van der Waals surface area contributed by atoms with E-state index >= 15 is 0 Å². The molecular formula is C26H30N6O4. The van der Waals surface area contributed by atoms with E-state index in [-0.39, 0.29) is 29.7 Å². The molecule has 0 unspecified atom stereocenters. The minimum atomic E-state index is -0.434. The molecule has 1 atom stereocenters. The number of ether oxygens (including phenoxy) is 2. The van der Waals surface area contributed by atoms with E-state index in [2.05, 4.69) is 19.9 Å². The molecule has 0 saturated carbocycles. The van der Waals surface area contributed by atoms with Gasteiger partial charge in [0.2, 0.25) is 0 Å². The number of Topliss-reactive ketones (excluding diaryl/α,β-unsaturated/α-hetero) is 1. The van der Waals surface area contributed by atoms with E-state index in [1.54, 1.807) is 25.5 Å². The number of methoxy groups -OCH3 is 1. The van der Waals surface area contributed by atoms with Gasteiger partial charge in [-0.15, -0.1) is 0 Å². The highest BCUT2D eigenvalue weighted by molar-refractivity contribution is 6.00. The molecule has 3 aromatic rings. The SMILES string of the molecule is COC(=O)[C@H](C)N(C)c1ccc(-c2cnc(N)c(C(=O)Cc3cnccc3N3CCOCC3)n2)cc1. The van der Waals surface area contributed by atoms with Gasteiger partial charge in [-0.2, -0.15) is 0 Å². The smallest absolute Gasteiger partial charge is 0.328 e. The first-order valence-corrected chi connectivity index (χ1v) is 11.7. The van der Waals surface area contributed by atoms with E-state index in [0.29, 0.717) is 18.9 Å².